The minimum absolute atomic E-state index is 0.0489. The van der Waals surface area contributed by atoms with Crippen molar-refractivity contribution >= 4 is 10.0 Å². The molecule has 1 aliphatic heterocycles. The molecule has 25 heavy (non-hydrogen) atoms. The van der Waals surface area contributed by atoms with Gasteiger partial charge in [-0.15, -0.1) is 0 Å². The molecule has 2 aromatic rings. The van der Waals surface area contributed by atoms with Gasteiger partial charge in [-0.05, 0) is 49.8 Å². The molecular weight excluding hydrogens is 336 g/mol. The minimum Gasteiger partial charge on any atom is -0.263 e. The highest BCUT2D eigenvalue weighted by molar-refractivity contribution is 7.89. The lowest BCUT2D eigenvalue weighted by Gasteiger charge is -2.30. The number of nitrogens with zero attached hydrogens (tertiary/aromatic N) is 3. The van der Waals surface area contributed by atoms with Gasteiger partial charge in [-0.3, -0.25) is 5.10 Å². The van der Waals surface area contributed by atoms with Gasteiger partial charge in [0.05, 0.1) is 4.90 Å². The zero-order chi connectivity index (χ0) is 18.0. The van der Waals surface area contributed by atoms with Crippen molar-refractivity contribution in [2.45, 2.75) is 56.8 Å². The number of sulfonamides is 1. The largest absolute Gasteiger partial charge is 0.263 e. The number of rotatable bonds is 5. The van der Waals surface area contributed by atoms with E-state index in [2.05, 4.69) is 29.0 Å². The molecule has 1 aromatic heterocycles. The highest BCUT2D eigenvalue weighted by Gasteiger charge is 2.32. The van der Waals surface area contributed by atoms with Crippen LogP contribution in [0.1, 0.15) is 62.2 Å². The van der Waals surface area contributed by atoms with Crippen molar-refractivity contribution in [3.63, 3.8) is 0 Å². The number of aryl methyl sites for hydroxylation is 1. The first-order valence-corrected chi connectivity index (χ1v) is 10.3. The van der Waals surface area contributed by atoms with E-state index in [0.717, 1.165) is 25.1 Å². The number of piperidine rings is 1. The molecule has 1 fully saturated rings. The van der Waals surface area contributed by atoms with Gasteiger partial charge in [0.1, 0.15) is 5.82 Å². The third-order valence-corrected chi connectivity index (χ3v) is 6.94. The fourth-order valence-electron chi connectivity index (χ4n) is 3.27. The normalized spacial score (nSPS) is 20.5. The Hall–Kier alpha value is -1.73. The molecular formula is C18H26N4O2S. The molecule has 6 nitrogen and oxygen atoms in total. The Labute approximate surface area is 149 Å². The van der Waals surface area contributed by atoms with Crippen LogP contribution in [-0.2, 0) is 10.0 Å². The molecule has 0 spiro atoms. The van der Waals surface area contributed by atoms with Gasteiger partial charge >= 0.3 is 0 Å². The third kappa shape index (κ3) is 3.77. The van der Waals surface area contributed by atoms with Gasteiger partial charge in [0.25, 0.3) is 0 Å². The van der Waals surface area contributed by atoms with Gasteiger partial charge in [-0.2, -0.15) is 9.40 Å². The van der Waals surface area contributed by atoms with Crippen LogP contribution >= 0.6 is 0 Å². The summed E-state index contributed by atoms with van der Waals surface area (Å²) in [5.74, 6) is 1.96. The van der Waals surface area contributed by atoms with E-state index in [-0.39, 0.29) is 5.92 Å². The van der Waals surface area contributed by atoms with Crippen molar-refractivity contribution in [3.05, 3.63) is 41.5 Å². The number of H-pyrrole nitrogens is 1. The van der Waals surface area contributed by atoms with E-state index in [1.54, 1.807) is 16.4 Å². The van der Waals surface area contributed by atoms with Crippen LogP contribution in [0.4, 0.5) is 0 Å². The van der Waals surface area contributed by atoms with Gasteiger partial charge in [0.15, 0.2) is 5.82 Å². The lowest BCUT2D eigenvalue weighted by Crippen LogP contribution is -2.39. The number of nitrogens with one attached hydrogen (secondary N) is 1. The SMILES string of the molecule is CC[C@@H](C)c1ccc(S(=O)(=O)N2CCC[C@@H](c3n[nH]c(C)n3)C2)cc1. The smallest absolute Gasteiger partial charge is 0.243 e. The third-order valence-electron chi connectivity index (χ3n) is 5.06. The number of hydrogen-bond acceptors (Lipinski definition) is 4. The van der Waals surface area contributed by atoms with Crippen LogP contribution < -0.4 is 0 Å². The second-order valence-electron chi connectivity index (χ2n) is 6.86. The summed E-state index contributed by atoms with van der Waals surface area (Å²) in [6.45, 7) is 7.13. The van der Waals surface area contributed by atoms with E-state index in [0.29, 0.717) is 29.7 Å². The maximum Gasteiger partial charge on any atom is 0.243 e. The Morgan fingerprint density at radius 3 is 2.64 bits per heavy atom. The number of aromatic amines is 1. The fourth-order valence-corrected chi connectivity index (χ4v) is 4.79. The predicted molar refractivity (Wildman–Crippen MR) is 97.0 cm³/mol. The molecule has 0 aliphatic carbocycles. The van der Waals surface area contributed by atoms with Gasteiger partial charge in [0.2, 0.25) is 10.0 Å². The van der Waals surface area contributed by atoms with Crippen LogP contribution in [0, 0.1) is 6.92 Å². The van der Waals surface area contributed by atoms with Crippen LogP contribution in [0.5, 0.6) is 0 Å². The first kappa shape index (κ1) is 18.1. The Kier molecular flexibility index (Phi) is 5.24. The lowest BCUT2D eigenvalue weighted by molar-refractivity contribution is 0.309. The molecule has 1 saturated heterocycles. The van der Waals surface area contributed by atoms with E-state index < -0.39 is 10.0 Å². The number of benzene rings is 1. The second-order valence-corrected chi connectivity index (χ2v) is 8.80. The van der Waals surface area contributed by atoms with Gasteiger partial charge in [-0.25, -0.2) is 13.4 Å². The summed E-state index contributed by atoms with van der Waals surface area (Å²) >= 11 is 0. The van der Waals surface area contributed by atoms with Crippen molar-refractivity contribution in [2.75, 3.05) is 13.1 Å². The summed E-state index contributed by atoms with van der Waals surface area (Å²) in [5.41, 5.74) is 1.18. The van der Waals surface area contributed by atoms with E-state index in [1.165, 1.54) is 5.56 Å². The number of hydrogen-bond donors (Lipinski definition) is 1. The molecule has 136 valence electrons. The van der Waals surface area contributed by atoms with Gasteiger partial charge in [0, 0.05) is 19.0 Å². The van der Waals surface area contributed by atoms with E-state index >= 15 is 0 Å². The predicted octanol–water partition coefficient (Wildman–Crippen LogP) is 3.19. The topological polar surface area (TPSA) is 79.0 Å². The molecule has 0 amide bonds. The summed E-state index contributed by atoms with van der Waals surface area (Å²) in [6, 6.07) is 7.33. The molecule has 7 heteroatoms. The van der Waals surface area contributed by atoms with Crippen LogP contribution in [0.2, 0.25) is 0 Å². The maximum absolute atomic E-state index is 13.0. The monoisotopic (exact) mass is 362 g/mol. The molecule has 0 bridgehead atoms. The summed E-state index contributed by atoms with van der Waals surface area (Å²) in [4.78, 5) is 4.74. The van der Waals surface area contributed by atoms with Crippen molar-refractivity contribution in [3.8, 4) is 0 Å². The van der Waals surface area contributed by atoms with E-state index in [9.17, 15) is 8.42 Å². The van der Waals surface area contributed by atoms with Gasteiger partial charge in [-0.1, -0.05) is 26.0 Å². The highest BCUT2D eigenvalue weighted by Crippen LogP contribution is 2.29. The Morgan fingerprint density at radius 2 is 2.04 bits per heavy atom. The van der Waals surface area contributed by atoms with Crippen molar-refractivity contribution in [1.29, 1.82) is 0 Å². The quantitative estimate of drug-likeness (QED) is 0.886. The van der Waals surface area contributed by atoms with Crippen molar-refractivity contribution in [1.82, 2.24) is 19.5 Å². The molecule has 0 unspecified atom stereocenters. The zero-order valence-electron chi connectivity index (χ0n) is 15.1. The molecule has 0 radical (unpaired) electrons. The van der Waals surface area contributed by atoms with E-state index in [4.69, 9.17) is 0 Å². The summed E-state index contributed by atoms with van der Waals surface area (Å²) in [7, 11) is -3.48. The molecule has 3 rings (SSSR count). The van der Waals surface area contributed by atoms with Gasteiger partial charge < -0.3 is 0 Å². The fraction of sp³-hybridized carbons (Fsp3) is 0.556. The molecule has 1 aliphatic rings. The van der Waals surface area contributed by atoms with Crippen molar-refractivity contribution < 1.29 is 8.42 Å². The van der Waals surface area contributed by atoms with Crippen molar-refractivity contribution in [2.24, 2.45) is 0 Å². The first-order valence-electron chi connectivity index (χ1n) is 8.90. The molecule has 1 aromatic carbocycles. The van der Waals surface area contributed by atoms with Crippen LogP contribution in [0.25, 0.3) is 0 Å². The average molecular weight is 362 g/mol. The minimum atomic E-state index is -3.48. The molecule has 0 saturated carbocycles. The maximum atomic E-state index is 13.0. The Morgan fingerprint density at radius 1 is 1.32 bits per heavy atom. The summed E-state index contributed by atoms with van der Waals surface area (Å²) in [5, 5.41) is 7.06. The Balaban J connectivity index is 1.79. The summed E-state index contributed by atoms with van der Waals surface area (Å²) < 4.78 is 27.6. The number of aromatic nitrogens is 3. The second kappa shape index (κ2) is 7.25. The Bertz CT molecular complexity index is 814. The highest BCUT2D eigenvalue weighted by atomic mass is 32.2. The van der Waals surface area contributed by atoms with Crippen LogP contribution in [-0.4, -0.2) is 41.0 Å². The summed E-state index contributed by atoms with van der Waals surface area (Å²) in [6.07, 6.45) is 2.77. The van der Waals surface area contributed by atoms with Crippen LogP contribution in [0.15, 0.2) is 29.2 Å². The van der Waals surface area contributed by atoms with Crippen LogP contribution in [0.3, 0.4) is 0 Å². The zero-order valence-corrected chi connectivity index (χ0v) is 15.9. The molecule has 2 heterocycles. The lowest BCUT2D eigenvalue weighted by atomic mass is 9.99. The molecule has 1 N–H and O–H groups in total. The molecule has 2 atom stereocenters. The first-order chi connectivity index (χ1) is 11.9. The average Bonchev–Trinajstić information content (AvgIpc) is 3.07. The van der Waals surface area contributed by atoms with E-state index in [1.807, 2.05) is 19.1 Å². The standard InChI is InChI=1S/C18H26N4O2S/c1-4-13(2)15-7-9-17(10-8-15)25(23,24)22-11-5-6-16(12-22)18-19-14(3)20-21-18/h7-10,13,16H,4-6,11-12H2,1-3H3,(H,19,20,21)/t13-,16-/m1/s1.